The summed E-state index contributed by atoms with van der Waals surface area (Å²) in [5.74, 6) is 1.84. The van der Waals surface area contributed by atoms with E-state index in [9.17, 15) is 0 Å². The van der Waals surface area contributed by atoms with Gasteiger partial charge in [0.15, 0.2) is 0 Å². The van der Waals surface area contributed by atoms with Crippen LogP contribution in [0.4, 0.5) is 0 Å². The van der Waals surface area contributed by atoms with Crippen molar-refractivity contribution in [3.63, 3.8) is 0 Å². The Bertz CT molecular complexity index is 636. The minimum atomic E-state index is -0.120. The number of furan rings is 1. The average Bonchev–Trinajstić information content (AvgIpc) is 2.73. The third-order valence-corrected chi connectivity index (χ3v) is 4.78. The molecule has 2 nitrogen and oxygen atoms in total. The third kappa shape index (κ3) is 2.18. The molecule has 2 aromatic rings. The van der Waals surface area contributed by atoms with E-state index >= 15 is 0 Å². The third-order valence-electron chi connectivity index (χ3n) is 4.78. The molecule has 0 radical (unpaired) electrons. The van der Waals surface area contributed by atoms with E-state index in [-0.39, 0.29) is 6.04 Å². The molecule has 0 bridgehead atoms. The molecule has 0 aliphatic heterocycles. The maximum atomic E-state index is 6.56. The molecule has 2 N–H and O–H groups in total. The van der Waals surface area contributed by atoms with Gasteiger partial charge in [-0.3, -0.25) is 0 Å². The molecule has 1 aromatic carbocycles. The molecule has 0 saturated heterocycles. The molecule has 108 valence electrons. The van der Waals surface area contributed by atoms with Crippen LogP contribution in [0.15, 0.2) is 10.5 Å². The van der Waals surface area contributed by atoms with E-state index < -0.39 is 0 Å². The molecule has 0 fully saturated rings. The molecular formula is C18H25NO. The van der Waals surface area contributed by atoms with Crippen LogP contribution in [0, 0.1) is 48.5 Å². The van der Waals surface area contributed by atoms with Crippen LogP contribution in [0.2, 0.25) is 0 Å². The molecule has 2 heteroatoms. The van der Waals surface area contributed by atoms with Gasteiger partial charge in [0, 0.05) is 5.56 Å². The maximum Gasteiger partial charge on any atom is 0.106 e. The highest BCUT2D eigenvalue weighted by Gasteiger charge is 2.21. The van der Waals surface area contributed by atoms with E-state index in [2.05, 4.69) is 40.7 Å². The maximum absolute atomic E-state index is 6.56. The molecule has 0 spiro atoms. The number of nitrogens with two attached hydrogens (primary N) is 1. The predicted octanol–water partition coefficient (Wildman–Crippen LogP) is 4.49. The van der Waals surface area contributed by atoms with Gasteiger partial charge in [0.2, 0.25) is 0 Å². The lowest BCUT2D eigenvalue weighted by atomic mass is 9.84. The molecule has 0 amide bonds. The topological polar surface area (TPSA) is 39.2 Å². The molecule has 0 saturated carbocycles. The number of rotatable bonds is 2. The van der Waals surface area contributed by atoms with Crippen LogP contribution in [0.3, 0.4) is 0 Å². The van der Waals surface area contributed by atoms with Gasteiger partial charge in [0.05, 0.1) is 6.04 Å². The summed E-state index contributed by atoms with van der Waals surface area (Å²) < 4.78 is 5.64. The Morgan fingerprint density at radius 3 is 1.65 bits per heavy atom. The second kappa shape index (κ2) is 5.10. The Morgan fingerprint density at radius 1 is 0.800 bits per heavy atom. The number of benzene rings is 1. The fourth-order valence-electron chi connectivity index (χ4n) is 3.11. The van der Waals surface area contributed by atoms with Crippen LogP contribution >= 0.6 is 0 Å². The van der Waals surface area contributed by atoms with Crippen LogP contribution in [-0.2, 0) is 0 Å². The Hall–Kier alpha value is -1.54. The number of hydrogen-bond donors (Lipinski definition) is 1. The van der Waals surface area contributed by atoms with Gasteiger partial charge >= 0.3 is 0 Å². The Kier molecular flexibility index (Phi) is 3.79. The first-order chi connectivity index (χ1) is 9.25. The molecule has 1 aromatic heterocycles. The lowest BCUT2D eigenvalue weighted by Gasteiger charge is -2.23. The van der Waals surface area contributed by atoms with Crippen molar-refractivity contribution in [1.82, 2.24) is 0 Å². The van der Waals surface area contributed by atoms with Crippen LogP contribution in [0.25, 0.3) is 0 Å². The lowest BCUT2D eigenvalue weighted by Crippen LogP contribution is -2.17. The van der Waals surface area contributed by atoms with Crippen LogP contribution in [0.1, 0.15) is 56.5 Å². The smallest absolute Gasteiger partial charge is 0.106 e. The van der Waals surface area contributed by atoms with Gasteiger partial charge in [0.1, 0.15) is 11.5 Å². The van der Waals surface area contributed by atoms with E-state index in [4.69, 9.17) is 10.2 Å². The summed E-state index contributed by atoms with van der Waals surface area (Å²) in [6.07, 6.45) is 0. The van der Waals surface area contributed by atoms with Gasteiger partial charge in [0.25, 0.3) is 0 Å². The molecule has 1 atom stereocenters. The van der Waals surface area contributed by atoms with Crippen molar-refractivity contribution in [2.75, 3.05) is 0 Å². The van der Waals surface area contributed by atoms with Crippen LogP contribution in [0.5, 0.6) is 0 Å². The summed E-state index contributed by atoms with van der Waals surface area (Å²) in [5, 5.41) is 0. The van der Waals surface area contributed by atoms with Gasteiger partial charge in [-0.2, -0.15) is 0 Å². The van der Waals surface area contributed by atoms with Gasteiger partial charge in [-0.15, -0.1) is 0 Å². The fourth-order valence-corrected chi connectivity index (χ4v) is 3.11. The van der Waals surface area contributed by atoms with Crippen molar-refractivity contribution in [3.8, 4) is 0 Å². The van der Waals surface area contributed by atoms with Crippen molar-refractivity contribution in [2.24, 2.45) is 5.73 Å². The normalized spacial score (nSPS) is 12.8. The average molecular weight is 271 g/mol. The van der Waals surface area contributed by atoms with Crippen molar-refractivity contribution < 1.29 is 4.42 Å². The first-order valence-corrected chi connectivity index (χ1v) is 7.15. The predicted molar refractivity (Wildman–Crippen MR) is 84.3 cm³/mol. The monoisotopic (exact) mass is 271 g/mol. The van der Waals surface area contributed by atoms with Crippen molar-refractivity contribution in [2.45, 2.75) is 54.5 Å². The van der Waals surface area contributed by atoms with E-state index in [0.29, 0.717) is 0 Å². The van der Waals surface area contributed by atoms with Crippen molar-refractivity contribution >= 4 is 0 Å². The highest BCUT2D eigenvalue weighted by molar-refractivity contribution is 5.53. The molecular weight excluding hydrogens is 246 g/mol. The van der Waals surface area contributed by atoms with Gasteiger partial charge in [-0.05, 0) is 87.9 Å². The lowest BCUT2D eigenvalue weighted by molar-refractivity contribution is 0.499. The van der Waals surface area contributed by atoms with Crippen LogP contribution in [-0.4, -0.2) is 0 Å². The number of hydrogen-bond acceptors (Lipinski definition) is 2. The molecule has 1 heterocycles. The summed E-state index contributed by atoms with van der Waals surface area (Å²) in [6, 6.07) is 1.94. The fraction of sp³-hybridized carbons (Fsp3) is 0.444. The van der Waals surface area contributed by atoms with E-state index in [1.165, 1.54) is 33.4 Å². The Labute approximate surface area is 122 Å². The van der Waals surface area contributed by atoms with Crippen molar-refractivity contribution in [1.29, 1.82) is 0 Å². The molecule has 2 rings (SSSR count). The highest BCUT2D eigenvalue weighted by atomic mass is 16.3. The Balaban J connectivity index is 2.67. The summed E-state index contributed by atoms with van der Waals surface area (Å²) in [7, 11) is 0. The molecule has 0 aliphatic rings. The van der Waals surface area contributed by atoms with Gasteiger partial charge in [-0.25, -0.2) is 0 Å². The van der Waals surface area contributed by atoms with Gasteiger partial charge in [-0.1, -0.05) is 0 Å². The number of aryl methyl sites for hydroxylation is 2. The zero-order valence-electron chi connectivity index (χ0n) is 13.6. The Morgan fingerprint density at radius 2 is 1.25 bits per heavy atom. The summed E-state index contributed by atoms with van der Waals surface area (Å²) in [6.45, 7) is 14.8. The minimum absolute atomic E-state index is 0.120. The van der Waals surface area contributed by atoms with Crippen molar-refractivity contribution in [3.05, 3.63) is 56.5 Å². The minimum Gasteiger partial charge on any atom is -0.466 e. The molecule has 0 aliphatic carbocycles. The zero-order chi connectivity index (χ0) is 15.2. The second-order valence-corrected chi connectivity index (χ2v) is 5.88. The van der Waals surface area contributed by atoms with Crippen LogP contribution < -0.4 is 5.73 Å². The van der Waals surface area contributed by atoms with E-state index in [1.807, 2.05) is 13.8 Å². The summed E-state index contributed by atoms with van der Waals surface area (Å²) in [5.41, 5.74) is 15.6. The van der Waals surface area contributed by atoms with E-state index in [1.54, 1.807) is 0 Å². The first-order valence-electron chi connectivity index (χ1n) is 7.15. The first kappa shape index (κ1) is 14.9. The summed E-state index contributed by atoms with van der Waals surface area (Å²) >= 11 is 0. The quantitative estimate of drug-likeness (QED) is 0.874. The van der Waals surface area contributed by atoms with E-state index in [0.717, 1.165) is 17.1 Å². The van der Waals surface area contributed by atoms with Gasteiger partial charge < -0.3 is 10.2 Å². The second-order valence-electron chi connectivity index (χ2n) is 5.88. The SMILES string of the molecule is Cc1cc(C(N)c2c(C)c(C)c(C)c(C)c2C)c(C)o1. The molecule has 1 unspecified atom stereocenters. The standard InChI is InChI=1S/C18H25NO/c1-9-8-16(15(7)20-9)18(19)17-13(5)11(3)10(2)12(4)14(17)6/h8,18H,19H2,1-7H3. The molecule has 20 heavy (non-hydrogen) atoms. The zero-order valence-corrected chi connectivity index (χ0v) is 13.6. The largest absolute Gasteiger partial charge is 0.466 e. The summed E-state index contributed by atoms with van der Waals surface area (Å²) in [4.78, 5) is 0. The highest BCUT2D eigenvalue weighted by Crippen LogP contribution is 2.34.